The quantitative estimate of drug-likeness (QED) is 0.744. The highest BCUT2D eigenvalue weighted by Crippen LogP contribution is 2.20. The third-order valence-electron chi connectivity index (χ3n) is 1.99. The van der Waals surface area contributed by atoms with E-state index >= 15 is 0 Å². The van der Waals surface area contributed by atoms with E-state index < -0.39 is 5.91 Å². The molecule has 1 aromatic rings. The van der Waals surface area contributed by atoms with Gasteiger partial charge < -0.3 is 15.8 Å². The number of rotatable bonds is 7. The molecule has 4 nitrogen and oxygen atoms in total. The molecular formula is C11H14Cl2N2O2. The lowest BCUT2D eigenvalue weighted by atomic mass is 10.2. The van der Waals surface area contributed by atoms with E-state index in [4.69, 9.17) is 33.7 Å². The first kappa shape index (κ1) is 14.3. The highest BCUT2D eigenvalue weighted by atomic mass is 35.5. The van der Waals surface area contributed by atoms with Gasteiger partial charge in [-0.3, -0.25) is 4.79 Å². The number of carbonyl (C=O) groups excluding carboxylic acids is 1. The highest BCUT2D eigenvalue weighted by molar-refractivity contribution is 6.33. The molecule has 0 aliphatic heterocycles. The summed E-state index contributed by atoms with van der Waals surface area (Å²) < 4.78 is 4.99. The van der Waals surface area contributed by atoms with Gasteiger partial charge in [0, 0.05) is 23.1 Å². The van der Waals surface area contributed by atoms with Gasteiger partial charge in [-0.2, -0.15) is 0 Å². The van der Waals surface area contributed by atoms with Gasteiger partial charge in [-0.1, -0.05) is 23.2 Å². The Kier molecular flexibility index (Phi) is 6.29. The second kappa shape index (κ2) is 7.50. The number of hydrogen-bond donors (Lipinski definition) is 2. The van der Waals surface area contributed by atoms with Crippen molar-refractivity contribution in [3.8, 4) is 0 Å². The molecule has 1 rings (SSSR count). The van der Waals surface area contributed by atoms with Gasteiger partial charge in [-0.15, -0.1) is 0 Å². The average Bonchev–Trinajstić information content (AvgIpc) is 2.27. The molecule has 0 aromatic heterocycles. The topological polar surface area (TPSA) is 64.4 Å². The first-order valence-corrected chi connectivity index (χ1v) is 5.86. The van der Waals surface area contributed by atoms with E-state index in [0.717, 1.165) is 5.56 Å². The smallest absolute Gasteiger partial charge is 0.243 e. The minimum Gasteiger partial charge on any atom is -0.370 e. The molecule has 6 heteroatoms. The number of carbonyl (C=O) groups is 1. The Morgan fingerprint density at radius 2 is 2.18 bits per heavy atom. The van der Waals surface area contributed by atoms with Crippen LogP contribution in [0.1, 0.15) is 5.56 Å². The van der Waals surface area contributed by atoms with Crippen LogP contribution < -0.4 is 11.1 Å². The third-order valence-corrected chi connectivity index (χ3v) is 2.59. The Balaban J connectivity index is 2.22. The standard InChI is InChI=1S/C11H14Cl2N2O2/c12-9-1-2-10(13)8(5-9)6-15-3-4-17-7-11(14)16/h1-2,5,15H,3-4,6-7H2,(H2,14,16). The molecule has 1 amide bonds. The summed E-state index contributed by atoms with van der Waals surface area (Å²) in [5.41, 5.74) is 5.84. The van der Waals surface area contributed by atoms with Crippen LogP contribution >= 0.6 is 23.2 Å². The maximum Gasteiger partial charge on any atom is 0.243 e. The van der Waals surface area contributed by atoms with Crippen molar-refractivity contribution in [2.75, 3.05) is 19.8 Å². The maximum atomic E-state index is 10.4. The predicted molar refractivity (Wildman–Crippen MR) is 68.2 cm³/mol. The fraction of sp³-hybridized carbons (Fsp3) is 0.364. The van der Waals surface area contributed by atoms with E-state index in [2.05, 4.69) is 5.32 Å². The van der Waals surface area contributed by atoms with Crippen molar-refractivity contribution in [2.24, 2.45) is 5.73 Å². The van der Waals surface area contributed by atoms with Gasteiger partial charge in [0.25, 0.3) is 0 Å². The van der Waals surface area contributed by atoms with Crippen LogP contribution in [0, 0.1) is 0 Å². The third kappa shape index (κ3) is 5.89. The molecule has 0 atom stereocenters. The van der Waals surface area contributed by atoms with Crippen LogP contribution in [0.4, 0.5) is 0 Å². The number of benzene rings is 1. The number of halogens is 2. The fourth-order valence-corrected chi connectivity index (χ4v) is 1.60. The summed E-state index contributed by atoms with van der Waals surface area (Å²) in [5, 5.41) is 4.44. The van der Waals surface area contributed by atoms with Crippen LogP contribution in [-0.2, 0) is 16.1 Å². The van der Waals surface area contributed by atoms with E-state index in [9.17, 15) is 4.79 Å². The van der Waals surface area contributed by atoms with Crippen molar-refractivity contribution in [1.29, 1.82) is 0 Å². The van der Waals surface area contributed by atoms with Gasteiger partial charge in [-0.25, -0.2) is 0 Å². The van der Waals surface area contributed by atoms with E-state index in [1.54, 1.807) is 18.2 Å². The molecule has 0 heterocycles. The van der Waals surface area contributed by atoms with E-state index in [-0.39, 0.29) is 6.61 Å². The zero-order valence-corrected chi connectivity index (χ0v) is 10.7. The molecule has 0 fully saturated rings. The predicted octanol–water partition coefficient (Wildman–Crippen LogP) is 1.58. The molecule has 0 aliphatic rings. The zero-order chi connectivity index (χ0) is 12.7. The van der Waals surface area contributed by atoms with Crippen LogP contribution in [0.5, 0.6) is 0 Å². The number of nitrogens with one attached hydrogen (secondary N) is 1. The molecule has 0 saturated carbocycles. The molecule has 0 aliphatic carbocycles. The van der Waals surface area contributed by atoms with Crippen molar-refractivity contribution in [3.05, 3.63) is 33.8 Å². The number of ether oxygens (including phenoxy) is 1. The minimum absolute atomic E-state index is 0.0560. The minimum atomic E-state index is -0.470. The molecular weight excluding hydrogens is 263 g/mol. The summed E-state index contributed by atoms with van der Waals surface area (Å²) in [6.07, 6.45) is 0. The molecule has 0 spiro atoms. The summed E-state index contributed by atoms with van der Waals surface area (Å²) >= 11 is 11.8. The largest absolute Gasteiger partial charge is 0.370 e. The summed E-state index contributed by atoms with van der Waals surface area (Å²) in [6, 6.07) is 5.30. The lowest BCUT2D eigenvalue weighted by molar-refractivity contribution is -0.122. The monoisotopic (exact) mass is 276 g/mol. The molecule has 0 radical (unpaired) electrons. The van der Waals surface area contributed by atoms with Crippen molar-refractivity contribution in [2.45, 2.75) is 6.54 Å². The SMILES string of the molecule is NC(=O)COCCNCc1cc(Cl)ccc1Cl. The van der Waals surface area contributed by atoms with Crippen LogP contribution in [0.2, 0.25) is 10.0 Å². The van der Waals surface area contributed by atoms with Crippen LogP contribution in [0.15, 0.2) is 18.2 Å². The number of amides is 1. The number of hydrogen-bond acceptors (Lipinski definition) is 3. The highest BCUT2D eigenvalue weighted by Gasteiger charge is 2.00. The lowest BCUT2D eigenvalue weighted by Gasteiger charge is -2.07. The second-order valence-electron chi connectivity index (χ2n) is 3.43. The van der Waals surface area contributed by atoms with Crippen LogP contribution in [0.25, 0.3) is 0 Å². The van der Waals surface area contributed by atoms with Gasteiger partial charge >= 0.3 is 0 Å². The summed E-state index contributed by atoms with van der Waals surface area (Å²) in [7, 11) is 0. The van der Waals surface area contributed by atoms with Gasteiger partial charge in [0.15, 0.2) is 0 Å². The molecule has 0 saturated heterocycles. The van der Waals surface area contributed by atoms with Crippen LogP contribution in [0.3, 0.4) is 0 Å². The summed E-state index contributed by atoms with van der Waals surface area (Å²) in [6.45, 7) is 1.57. The summed E-state index contributed by atoms with van der Waals surface area (Å²) in [4.78, 5) is 10.4. The van der Waals surface area contributed by atoms with Crippen molar-refractivity contribution in [1.82, 2.24) is 5.32 Å². The number of primary amides is 1. The first-order chi connectivity index (χ1) is 8.09. The number of nitrogens with two attached hydrogens (primary N) is 1. The Morgan fingerprint density at radius 3 is 2.88 bits per heavy atom. The normalized spacial score (nSPS) is 10.5. The Bertz CT molecular complexity index is 386. The van der Waals surface area contributed by atoms with E-state index in [0.29, 0.717) is 29.7 Å². The first-order valence-electron chi connectivity index (χ1n) is 5.10. The van der Waals surface area contributed by atoms with Gasteiger partial charge in [0.2, 0.25) is 5.91 Å². The van der Waals surface area contributed by atoms with Gasteiger partial charge in [0.1, 0.15) is 6.61 Å². The average molecular weight is 277 g/mol. The molecule has 0 bridgehead atoms. The Labute approximate surface area is 110 Å². The Morgan fingerprint density at radius 1 is 1.41 bits per heavy atom. The molecule has 94 valence electrons. The molecule has 17 heavy (non-hydrogen) atoms. The van der Waals surface area contributed by atoms with Gasteiger partial charge in [-0.05, 0) is 23.8 Å². The van der Waals surface area contributed by atoms with Gasteiger partial charge in [0.05, 0.1) is 6.61 Å². The van der Waals surface area contributed by atoms with E-state index in [1.807, 2.05) is 0 Å². The van der Waals surface area contributed by atoms with Crippen molar-refractivity contribution >= 4 is 29.1 Å². The van der Waals surface area contributed by atoms with Crippen molar-refractivity contribution < 1.29 is 9.53 Å². The van der Waals surface area contributed by atoms with E-state index in [1.165, 1.54) is 0 Å². The molecule has 3 N–H and O–H groups in total. The molecule has 0 unspecified atom stereocenters. The zero-order valence-electron chi connectivity index (χ0n) is 9.21. The lowest BCUT2D eigenvalue weighted by Crippen LogP contribution is -2.23. The summed E-state index contributed by atoms with van der Waals surface area (Å²) in [5.74, 6) is -0.470. The molecule has 1 aromatic carbocycles. The van der Waals surface area contributed by atoms with Crippen molar-refractivity contribution in [3.63, 3.8) is 0 Å². The maximum absolute atomic E-state index is 10.4. The fourth-order valence-electron chi connectivity index (χ4n) is 1.22. The second-order valence-corrected chi connectivity index (χ2v) is 4.28. The van der Waals surface area contributed by atoms with Crippen LogP contribution in [-0.4, -0.2) is 25.7 Å². The Hall–Kier alpha value is -0.810.